The molecule has 5 aromatic carbocycles. The third-order valence-corrected chi connectivity index (χ3v) is 8.11. The summed E-state index contributed by atoms with van der Waals surface area (Å²) in [5.74, 6) is 0.429. The Hall–Kier alpha value is -4.82. The lowest BCUT2D eigenvalue weighted by atomic mass is 9.90. The van der Waals surface area contributed by atoms with Gasteiger partial charge in [-0.2, -0.15) is 0 Å². The molecule has 1 N–H and O–H groups in total. The zero-order valence-corrected chi connectivity index (χ0v) is 20.9. The van der Waals surface area contributed by atoms with Crippen molar-refractivity contribution in [2.45, 2.75) is 12.0 Å². The van der Waals surface area contributed by atoms with Gasteiger partial charge in [0.05, 0.1) is 17.1 Å². The first-order valence-corrected chi connectivity index (χ1v) is 13.3. The number of hydrogen-bond donors (Lipinski definition) is 1. The van der Waals surface area contributed by atoms with E-state index >= 15 is 0 Å². The summed E-state index contributed by atoms with van der Waals surface area (Å²) in [6, 6.07) is 42.4. The van der Waals surface area contributed by atoms with Crippen LogP contribution in [0.25, 0.3) is 49.7 Å². The van der Waals surface area contributed by atoms with Crippen LogP contribution >= 0.6 is 0 Å². The van der Waals surface area contributed by atoms with Crippen molar-refractivity contribution < 1.29 is 0 Å². The molecule has 0 amide bonds. The van der Waals surface area contributed by atoms with Crippen LogP contribution in [0.2, 0.25) is 0 Å². The summed E-state index contributed by atoms with van der Waals surface area (Å²) in [6.07, 6.45) is 8.86. The third-order valence-electron chi connectivity index (χ3n) is 8.11. The Labute approximate surface area is 222 Å². The largest absolute Gasteiger partial charge is 0.378 e. The zero-order chi connectivity index (χ0) is 25.1. The van der Waals surface area contributed by atoms with E-state index in [9.17, 15) is 0 Å². The number of allylic oxidation sites excluding steroid dienone is 2. The van der Waals surface area contributed by atoms with Gasteiger partial charge in [-0.15, -0.1) is 0 Å². The minimum Gasteiger partial charge on any atom is -0.378 e. The van der Waals surface area contributed by atoms with Crippen LogP contribution < -0.4 is 5.32 Å². The van der Waals surface area contributed by atoms with Gasteiger partial charge in [0.1, 0.15) is 0 Å². The van der Waals surface area contributed by atoms with E-state index < -0.39 is 0 Å². The molecular formula is C36H26N2. The summed E-state index contributed by atoms with van der Waals surface area (Å²) >= 11 is 0. The Balaban J connectivity index is 1.23. The lowest BCUT2D eigenvalue weighted by Crippen LogP contribution is -2.17. The Morgan fingerprint density at radius 1 is 0.526 bits per heavy atom. The van der Waals surface area contributed by atoms with E-state index in [4.69, 9.17) is 0 Å². The minimum atomic E-state index is 0.360. The molecule has 38 heavy (non-hydrogen) atoms. The van der Waals surface area contributed by atoms with Gasteiger partial charge in [0, 0.05) is 28.1 Å². The Morgan fingerprint density at radius 3 is 2.11 bits per heavy atom. The molecule has 2 atom stereocenters. The summed E-state index contributed by atoms with van der Waals surface area (Å²) in [6.45, 7) is 0. The van der Waals surface area contributed by atoms with Crippen molar-refractivity contribution in [1.29, 1.82) is 0 Å². The monoisotopic (exact) mass is 486 g/mol. The number of hydrogen-bond acceptors (Lipinski definition) is 1. The SMILES string of the molecule is C1=CC2Nc3cc(-c4ccc5c(c4)c4ccccc4n5-c4ccc(-c5ccccc5)cc4)ccc3C2C=C1. The van der Waals surface area contributed by atoms with Gasteiger partial charge in [-0.3, -0.25) is 0 Å². The van der Waals surface area contributed by atoms with E-state index in [1.165, 1.54) is 61.0 Å². The van der Waals surface area contributed by atoms with E-state index in [0.29, 0.717) is 12.0 Å². The van der Waals surface area contributed by atoms with Crippen LogP contribution in [0.5, 0.6) is 0 Å². The lowest BCUT2D eigenvalue weighted by Gasteiger charge is -2.15. The number of anilines is 1. The highest BCUT2D eigenvalue weighted by atomic mass is 15.0. The molecule has 0 spiro atoms. The van der Waals surface area contributed by atoms with Crippen molar-refractivity contribution in [1.82, 2.24) is 4.57 Å². The summed E-state index contributed by atoms with van der Waals surface area (Å²) in [5.41, 5.74) is 11.2. The molecule has 1 aliphatic carbocycles. The Kier molecular flexibility index (Phi) is 4.68. The fraction of sp³-hybridized carbons (Fsp3) is 0.0556. The predicted octanol–water partition coefficient (Wildman–Crippen LogP) is 9.12. The van der Waals surface area contributed by atoms with Crippen LogP contribution in [0.15, 0.2) is 140 Å². The summed E-state index contributed by atoms with van der Waals surface area (Å²) in [5, 5.41) is 6.26. The van der Waals surface area contributed by atoms with E-state index in [2.05, 4.69) is 149 Å². The highest BCUT2D eigenvalue weighted by molar-refractivity contribution is 6.10. The van der Waals surface area contributed by atoms with Gasteiger partial charge in [0.15, 0.2) is 0 Å². The van der Waals surface area contributed by atoms with Gasteiger partial charge in [-0.1, -0.05) is 103 Å². The second-order valence-electron chi connectivity index (χ2n) is 10.3. The standard InChI is InChI=1S/C36H26N2/c1-2-8-24(9-3-1)25-14-18-28(19-15-25)38-35-13-7-5-11-31(35)32-22-26(17-21-36(32)38)27-16-20-30-29-10-4-6-12-33(29)37-34(30)23-27/h1-23,29,33,37H. The first-order valence-electron chi connectivity index (χ1n) is 13.3. The number of benzene rings is 5. The van der Waals surface area contributed by atoms with Gasteiger partial charge in [-0.05, 0) is 64.2 Å². The predicted molar refractivity (Wildman–Crippen MR) is 160 cm³/mol. The van der Waals surface area contributed by atoms with Crippen molar-refractivity contribution in [3.8, 4) is 27.9 Å². The van der Waals surface area contributed by atoms with Crippen LogP contribution in [0.3, 0.4) is 0 Å². The molecule has 2 heteroatoms. The number of fused-ring (bicyclic) bond motifs is 6. The fourth-order valence-corrected chi connectivity index (χ4v) is 6.24. The second kappa shape index (κ2) is 8.36. The van der Waals surface area contributed by atoms with Crippen LogP contribution in [0.1, 0.15) is 11.5 Å². The number of para-hydroxylation sites is 1. The molecule has 1 aromatic heterocycles. The molecule has 0 saturated carbocycles. The Morgan fingerprint density at radius 2 is 1.21 bits per heavy atom. The molecule has 180 valence electrons. The van der Waals surface area contributed by atoms with Crippen molar-refractivity contribution in [2.75, 3.05) is 5.32 Å². The van der Waals surface area contributed by atoms with Crippen molar-refractivity contribution >= 4 is 27.5 Å². The lowest BCUT2D eigenvalue weighted by molar-refractivity contribution is 0.805. The molecule has 8 rings (SSSR count). The summed E-state index contributed by atoms with van der Waals surface area (Å²) in [4.78, 5) is 0. The number of rotatable bonds is 3. The summed E-state index contributed by atoms with van der Waals surface area (Å²) < 4.78 is 2.39. The molecule has 1 aliphatic heterocycles. The highest BCUT2D eigenvalue weighted by Gasteiger charge is 2.29. The normalized spacial score (nSPS) is 17.5. The minimum absolute atomic E-state index is 0.360. The molecule has 0 saturated heterocycles. The Bertz CT molecular complexity index is 1890. The quantitative estimate of drug-likeness (QED) is 0.264. The molecule has 6 aromatic rings. The van der Waals surface area contributed by atoms with E-state index in [1.54, 1.807) is 0 Å². The first kappa shape index (κ1) is 21.3. The molecule has 2 aliphatic rings. The van der Waals surface area contributed by atoms with Crippen LogP contribution in [0, 0.1) is 0 Å². The van der Waals surface area contributed by atoms with E-state index in [1.807, 2.05) is 0 Å². The average Bonchev–Trinajstić information content (AvgIpc) is 3.52. The number of aromatic nitrogens is 1. The van der Waals surface area contributed by atoms with Crippen LogP contribution in [0.4, 0.5) is 5.69 Å². The maximum Gasteiger partial charge on any atom is 0.0551 e. The van der Waals surface area contributed by atoms with Gasteiger partial charge in [0.2, 0.25) is 0 Å². The average molecular weight is 487 g/mol. The first-order chi connectivity index (χ1) is 18.8. The van der Waals surface area contributed by atoms with E-state index in [0.717, 1.165) is 0 Å². The molecule has 2 nitrogen and oxygen atoms in total. The van der Waals surface area contributed by atoms with Crippen molar-refractivity contribution in [2.24, 2.45) is 0 Å². The smallest absolute Gasteiger partial charge is 0.0551 e. The fourth-order valence-electron chi connectivity index (χ4n) is 6.24. The van der Waals surface area contributed by atoms with Gasteiger partial charge in [0.25, 0.3) is 0 Å². The highest BCUT2D eigenvalue weighted by Crippen LogP contribution is 2.42. The molecule has 0 fully saturated rings. The van der Waals surface area contributed by atoms with Crippen LogP contribution in [-0.2, 0) is 0 Å². The summed E-state index contributed by atoms with van der Waals surface area (Å²) in [7, 11) is 0. The van der Waals surface area contributed by atoms with Crippen LogP contribution in [-0.4, -0.2) is 10.6 Å². The van der Waals surface area contributed by atoms with Crippen molar-refractivity contribution in [3.63, 3.8) is 0 Å². The zero-order valence-electron chi connectivity index (χ0n) is 20.9. The number of nitrogens with one attached hydrogen (secondary N) is 1. The van der Waals surface area contributed by atoms with E-state index in [-0.39, 0.29) is 0 Å². The third kappa shape index (κ3) is 3.27. The molecular weight excluding hydrogens is 460 g/mol. The van der Waals surface area contributed by atoms with Gasteiger partial charge < -0.3 is 9.88 Å². The molecule has 2 heterocycles. The maximum absolute atomic E-state index is 3.71. The van der Waals surface area contributed by atoms with Gasteiger partial charge >= 0.3 is 0 Å². The molecule has 0 radical (unpaired) electrons. The molecule has 2 unspecified atom stereocenters. The second-order valence-corrected chi connectivity index (χ2v) is 10.3. The maximum atomic E-state index is 3.71. The van der Waals surface area contributed by atoms with Crippen molar-refractivity contribution in [3.05, 3.63) is 145 Å². The topological polar surface area (TPSA) is 17.0 Å². The van der Waals surface area contributed by atoms with Gasteiger partial charge in [-0.25, -0.2) is 0 Å². The number of nitrogens with zero attached hydrogens (tertiary/aromatic N) is 1. The molecule has 0 bridgehead atoms.